The third kappa shape index (κ3) is 4.36. The summed E-state index contributed by atoms with van der Waals surface area (Å²) in [4.78, 5) is 27.8. The predicted octanol–water partition coefficient (Wildman–Crippen LogP) is 5.24. The standard InChI is InChI=1S/C25H26ClNO5/c1-6-32-20-13-11-19(12-14-20)27-15(2)21(24(28)30-4)23(17-7-9-18(26)10-8-17)22(16(27)3)25(29)31-5/h7-14,23H,6H2,1-5H3. The Bertz CT molecular complexity index is 1030. The van der Waals surface area contributed by atoms with Crippen LogP contribution >= 0.6 is 11.6 Å². The Morgan fingerprint density at radius 3 is 1.81 bits per heavy atom. The minimum absolute atomic E-state index is 0.356. The normalized spacial score (nSPS) is 14.5. The van der Waals surface area contributed by atoms with E-state index in [1.807, 2.05) is 49.9 Å². The van der Waals surface area contributed by atoms with Crippen molar-refractivity contribution in [3.8, 4) is 5.75 Å². The monoisotopic (exact) mass is 455 g/mol. The molecule has 0 unspecified atom stereocenters. The SMILES string of the molecule is CCOc1ccc(N2C(C)=C(C(=O)OC)C(c3ccc(Cl)cc3)C(C(=O)OC)=C2C)cc1. The van der Waals surface area contributed by atoms with Crippen LogP contribution in [0.5, 0.6) is 5.75 Å². The summed E-state index contributed by atoms with van der Waals surface area (Å²) in [6.45, 7) is 6.15. The van der Waals surface area contributed by atoms with Crippen molar-refractivity contribution in [2.75, 3.05) is 25.7 Å². The number of methoxy groups -OCH3 is 2. The summed E-state index contributed by atoms with van der Waals surface area (Å²) < 4.78 is 15.8. The fourth-order valence-electron chi connectivity index (χ4n) is 4.04. The number of nitrogens with zero attached hydrogens (tertiary/aromatic N) is 1. The topological polar surface area (TPSA) is 65.1 Å². The van der Waals surface area contributed by atoms with E-state index in [0.29, 0.717) is 34.2 Å². The molecule has 0 saturated carbocycles. The Morgan fingerprint density at radius 2 is 1.38 bits per heavy atom. The van der Waals surface area contributed by atoms with Gasteiger partial charge in [-0.15, -0.1) is 0 Å². The number of hydrogen-bond donors (Lipinski definition) is 0. The Kier molecular flexibility index (Phi) is 7.26. The number of rotatable bonds is 6. The van der Waals surface area contributed by atoms with Crippen molar-refractivity contribution < 1.29 is 23.8 Å². The summed E-state index contributed by atoms with van der Waals surface area (Å²) in [6, 6.07) is 14.5. The molecule has 0 radical (unpaired) electrons. The van der Waals surface area contributed by atoms with E-state index >= 15 is 0 Å². The van der Waals surface area contributed by atoms with E-state index in [1.54, 1.807) is 24.3 Å². The van der Waals surface area contributed by atoms with Gasteiger partial charge in [0.15, 0.2) is 0 Å². The van der Waals surface area contributed by atoms with Crippen LogP contribution in [-0.2, 0) is 19.1 Å². The van der Waals surface area contributed by atoms with Crippen LogP contribution in [0, 0.1) is 0 Å². The van der Waals surface area contributed by atoms with E-state index in [1.165, 1.54) is 14.2 Å². The smallest absolute Gasteiger partial charge is 0.336 e. The highest BCUT2D eigenvalue weighted by atomic mass is 35.5. The maximum atomic E-state index is 13.0. The van der Waals surface area contributed by atoms with Gasteiger partial charge < -0.3 is 19.1 Å². The van der Waals surface area contributed by atoms with Crippen LogP contribution in [0.3, 0.4) is 0 Å². The number of ether oxygens (including phenoxy) is 3. The van der Waals surface area contributed by atoms with Crippen molar-refractivity contribution in [1.29, 1.82) is 0 Å². The lowest BCUT2D eigenvalue weighted by atomic mass is 9.79. The molecule has 168 valence electrons. The first kappa shape index (κ1) is 23.4. The van der Waals surface area contributed by atoms with Gasteiger partial charge in [-0.2, -0.15) is 0 Å². The van der Waals surface area contributed by atoms with Gasteiger partial charge in [-0.05, 0) is 62.7 Å². The van der Waals surface area contributed by atoms with E-state index in [9.17, 15) is 9.59 Å². The second-order valence-corrected chi connectivity index (χ2v) is 7.66. The van der Waals surface area contributed by atoms with Crippen molar-refractivity contribution in [2.24, 2.45) is 0 Å². The molecule has 1 heterocycles. The highest BCUT2D eigenvalue weighted by Gasteiger charge is 2.40. The number of anilines is 1. The molecule has 1 aliphatic rings. The molecule has 1 aliphatic heterocycles. The average Bonchev–Trinajstić information content (AvgIpc) is 2.79. The lowest BCUT2D eigenvalue weighted by Crippen LogP contribution is -2.35. The minimum Gasteiger partial charge on any atom is -0.494 e. The second kappa shape index (κ2) is 9.92. The van der Waals surface area contributed by atoms with Crippen LogP contribution in [0.15, 0.2) is 71.1 Å². The van der Waals surface area contributed by atoms with Gasteiger partial charge in [-0.25, -0.2) is 9.59 Å². The fourth-order valence-corrected chi connectivity index (χ4v) is 4.17. The summed E-state index contributed by atoms with van der Waals surface area (Å²) in [5.41, 5.74) is 3.54. The lowest BCUT2D eigenvalue weighted by molar-refractivity contribution is -0.137. The van der Waals surface area contributed by atoms with Crippen LogP contribution in [-0.4, -0.2) is 32.8 Å². The van der Waals surface area contributed by atoms with Crippen molar-refractivity contribution in [3.63, 3.8) is 0 Å². The number of allylic oxidation sites excluding steroid dienone is 2. The van der Waals surface area contributed by atoms with E-state index in [0.717, 1.165) is 17.0 Å². The summed E-state index contributed by atoms with van der Waals surface area (Å²) >= 11 is 6.07. The molecule has 32 heavy (non-hydrogen) atoms. The molecule has 0 aromatic heterocycles. The van der Waals surface area contributed by atoms with Gasteiger partial charge in [0.25, 0.3) is 0 Å². The number of carbonyl (C=O) groups excluding carboxylic acids is 2. The first-order valence-electron chi connectivity index (χ1n) is 10.2. The number of benzene rings is 2. The maximum absolute atomic E-state index is 13.0. The fraction of sp³-hybridized carbons (Fsp3) is 0.280. The molecule has 0 aliphatic carbocycles. The minimum atomic E-state index is -0.661. The molecule has 7 heteroatoms. The Balaban J connectivity index is 2.26. The van der Waals surface area contributed by atoms with Crippen molar-refractivity contribution in [2.45, 2.75) is 26.7 Å². The zero-order chi connectivity index (χ0) is 23.4. The van der Waals surface area contributed by atoms with Gasteiger partial charge in [0.05, 0.1) is 37.9 Å². The van der Waals surface area contributed by atoms with Crippen LogP contribution in [0.4, 0.5) is 5.69 Å². The molecular formula is C25H26ClNO5. The van der Waals surface area contributed by atoms with E-state index in [-0.39, 0.29) is 0 Å². The Morgan fingerprint density at radius 1 is 0.875 bits per heavy atom. The molecule has 0 amide bonds. The van der Waals surface area contributed by atoms with Gasteiger partial charge >= 0.3 is 11.9 Å². The Hall–Kier alpha value is -3.25. The quantitative estimate of drug-likeness (QED) is 0.555. The molecule has 6 nitrogen and oxygen atoms in total. The van der Waals surface area contributed by atoms with Gasteiger partial charge in [0.1, 0.15) is 5.75 Å². The third-order valence-corrected chi connectivity index (χ3v) is 5.70. The first-order chi connectivity index (χ1) is 15.3. The summed E-state index contributed by atoms with van der Waals surface area (Å²) in [6.07, 6.45) is 0. The summed E-state index contributed by atoms with van der Waals surface area (Å²) in [7, 11) is 2.65. The number of carbonyl (C=O) groups is 2. The molecule has 0 atom stereocenters. The molecule has 0 bridgehead atoms. The van der Waals surface area contributed by atoms with Gasteiger partial charge in [-0.3, -0.25) is 0 Å². The van der Waals surface area contributed by atoms with Gasteiger partial charge in [0.2, 0.25) is 0 Å². The summed E-state index contributed by atoms with van der Waals surface area (Å²) in [5, 5.41) is 0.557. The number of halogens is 1. The third-order valence-electron chi connectivity index (χ3n) is 5.45. The molecule has 0 saturated heterocycles. The highest BCUT2D eigenvalue weighted by Crippen LogP contribution is 2.44. The molecule has 3 rings (SSSR count). The Labute approximate surface area is 193 Å². The predicted molar refractivity (Wildman–Crippen MR) is 124 cm³/mol. The zero-order valence-corrected chi connectivity index (χ0v) is 19.5. The largest absolute Gasteiger partial charge is 0.494 e. The highest BCUT2D eigenvalue weighted by molar-refractivity contribution is 6.30. The van der Waals surface area contributed by atoms with Gasteiger partial charge in [0, 0.05) is 22.1 Å². The molecule has 0 fully saturated rings. The van der Waals surface area contributed by atoms with Crippen LogP contribution in [0.1, 0.15) is 32.3 Å². The molecule has 2 aromatic carbocycles. The summed E-state index contributed by atoms with van der Waals surface area (Å²) in [5.74, 6) is -0.970. The number of esters is 2. The van der Waals surface area contributed by atoms with E-state index in [2.05, 4.69) is 0 Å². The molecular weight excluding hydrogens is 430 g/mol. The van der Waals surface area contributed by atoms with Crippen molar-refractivity contribution in [1.82, 2.24) is 0 Å². The molecule has 0 spiro atoms. The van der Waals surface area contributed by atoms with Gasteiger partial charge in [-0.1, -0.05) is 23.7 Å². The van der Waals surface area contributed by atoms with E-state index < -0.39 is 17.9 Å². The van der Waals surface area contributed by atoms with E-state index in [4.69, 9.17) is 25.8 Å². The van der Waals surface area contributed by atoms with Crippen LogP contribution in [0.2, 0.25) is 5.02 Å². The molecule has 0 N–H and O–H groups in total. The van der Waals surface area contributed by atoms with Crippen LogP contribution < -0.4 is 9.64 Å². The first-order valence-corrected chi connectivity index (χ1v) is 10.6. The zero-order valence-electron chi connectivity index (χ0n) is 18.8. The number of hydrogen-bond acceptors (Lipinski definition) is 6. The van der Waals surface area contributed by atoms with Crippen LogP contribution in [0.25, 0.3) is 0 Å². The second-order valence-electron chi connectivity index (χ2n) is 7.23. The lowest BCUT2D eigenvalue weighted by Gasteiger charge is -2.37. The van der Waals surface area contributed by atoms with Crippen molar-refractivity contribution >= 4 is 29.2 Å². The van der Waals surface area contributed by atoms with Crippen molar-refractivity contribution in [3.05, 3.63) is 81.7 Å². The molecule has 2 aromatic rings. The maximum Gasteiger partial charge on any atom is 0.336 e. The average molecular weight is 456 g/mol.